The third-order valence-electron chi connectivity index (χ3n) is 6.97. The fraction of sp³-hybridized carbons (Fsp3) is 0.583. The fourth-order valence-electron chi connectivity index (χ4n) is 5.31. The molecule has 1 heterocycles. The van der Waals surface area contributed by atoms with Crippen LogP contribution in [0.3, 0.4) is 0 Å². The summed E-state index contributed by atoms with van der Waals surface area (Å²) in [5, 5.41) is 13.7. The van der Waals surface area contributed by atoms with Crippen LogP contribution in [0.4, 0.5) is 9.18 Å². The molecule has 4 rings (SSSR count). The Morgan fingerprint density at radius 2 is 2.03 bits per heavy atom. The second-order valence-corrected chi connectivity index (χ2v) is 10.5. The summed E-state index contributed by atoms with van der Waals surface area (Å²) in [5.41, 5.74) is 0. The molecule has 2 bridgehead atoms. The maximum Gasteiger partial charge on any atom is 0.321 e. The SMILES string of the molecule is CCNC(=O)NC(=O)[C@H](C)Sc1nnc(COc2ccccc2F)n1[C@H](C)[C@@H]1C[C@@H]2CC[C@@H]1C2. The van der Waals surface area contributed by atoms with E-state index in [4.69, 9.17) is 4.74 Å². The molecule has 2 aromatic rings. The van der Waals surface area contributed by atoms with Gasteiger partial charge in [0.15, 0.2) is 22.5 Å². The first-order valence-electron chi connectivity index (χ1n) is 11.9. The third-order valence-corrected chi connectivity index (χ3v) is 8.03. The molecule has 10 heteroatoms. The summed E-state index contributed by atoms with van der Waals surface area (Å²) in [5.74, 6) is 1.89. The van der Waals surface area contributed by atoms with Crippen molar-refractivity contribution in [2.75, 3.05) is 6.54 Å². The average molecular weight is 490 g/mol. The molecule has 34 heavy (non-hydrogen) atoms. The number of nitrogens with zero attached hydrogens (tertiary/aromatic N) is 3. The highest BCUT2D eigenvalue weighted by Crippen LogP contribution is 2.52. The summed E-state index contributed by atoms with van der Waals surface area (Å²) < 4.78 is 21.9. The minimum atomic E-state index is -0.557. The second kappa shape index (κ2) is 10.8. The van der Waals surface area contributed by atoms with Gasteiger partial charge in [-0.3, -0.25) is 14.7 Å². The summed E-state index contributed by atoms with van der Waals surface area (Å²) in [7, 11) is 0. The molecule has 8 nitrogen and oxygen atoms in total. The van der Waals surface area contributed by atoms with E-state index in [1.807, 2.05) is 4.57 Å². The Labute approximate surface area is 203 Å². The van der Waals surface area contributed by atoms with Crippen LogP contribution in [-0.4, -0.2) is 38.5 Å². The molecule has 1 aromatic carbocycles. The van der Waals surface area contributed by atoms with Crippen LogP contribution in [0.5, 0.6) is 5.75 Å². The summed E-state index contributed by atoms with van der Waals surface area (Å²) in [4.78, 5) is 24.3. The van der Waals surface area contributed by atoms with Crippen molar-refractivity contribution in [3.8, 4) is 5.75 Å². The number of halogens is 1. The third kappa shape index (κ3) is 5.37. The number of fused-ring (bicyclic) bond motifs is 2. The lowest BCUT2D eigenvalue weighted by Crippen LogP contribution is -2.42. The van der Waals surface area contributed by atoms with Gasteiger partial charge in [-0.15, -0.1) is 10.2 Å². The van der Waals surface area contributed by atoms with Crippen LogP contribution in [0.15, 0.2) is 29.4 Å². The van der Waals surface area contributed by atoms with Gasteiger partial charge in [0, 0.05) is 12.6 Å². The van der Waals surface area contributed by atoms with Crippen molar-refractivity contribution in [3.05, 3.63) is 35.9 Å². The van der Waals surface area contributed by atoms with Crippen LogP contribution in [0.1, 0.15) is 58.3 Å². The van der Waals surface area contributed by atoms with Gasteiger partial charge in [-0.25, -0.2) is 9.18 Å². The largest absolute Gasteiger partial charge is 0.483 e. The van der Waals surface area contributed by atoms with E-state index in [0.717, 1.165) is 5.92 Å². The normalized spacial score (nSPS) is 22.9. The van der Waals surface area contributed by atoms with Gasteiger partial charge in [0.05, 0.1) is 5.25 Å². The molecule has 0 unspecified atom stereocenters. The maximum atomic E-state index is 14.1. The molecule has 0 spiro atoms. The van der Waals surface area contributed by atoms with Crippen LogP contribution in [0.2, 0.25) is 0 Å². The second-order valence-electron chi connectivity index (χ2n) is 9.18. The molecule has 2 N–H and O–H groups in total. The lowest BCUT2D eigenvalue weighted by atomic mass is 9.84. The Balaban J connectivity index is 1.54. The number of hydrogen-bond acceptors (Lipinski definition) is 6. The maximum absolute atomic E-state index is 14.1. The van der Waals surface area contributed by atoms with Crippen molar-refractivity contribution in [3.63, 3.8) is 0 Å². The zero-order valence-corrected chi connectivity index (χ0v) is 20.6. The zero-order chi connectivity index (χ0) is 24.2. The smallest absolute Gasteiger partial charge is 0.321 e. The van der Waals surface area contributed by atoms with Crippen LogP contribution in [0, 0.1) is 23.6 Å². The number of nitrogens with one attached hydrogen (secondary N) is 2. The van der Waals surface area contributed by atoms with Gasteiger partial charge in [0.1, 0.15) is 6.61 Å². The van der Waals surface area contributed by atoms with Crippen LogP contribution < -0.4 is 15.4 Å². The molecular weight excluding hydrogens is 457 g/mol. The summed E-state index contributed by atoms with van der Waals surface area (Å²) >= 11 is 1.26. The van der Waals surface area contributed by atoms with Crippen LogP contribution in [0.25, 0.3) is 0 Å². The molecule has 2 aliphatic rings. The van der Waals surface area contributed by atoms with E-state index in [-0.39, 0.29) is 18.4 Å². The Kier molecular flexibility index (Phi) is 7.75. The first kappa shape index (κ1) is 24.5. The van der Waals surface area contributed by atoms with Gasteiger partial charge < -0.3 is 10.1 Å². The molecule has 0 saturated heterocycles. The van der Waals surface area contributed by atoms with Gasteiger partial charge in [-0.1, -0.05) is 30.3 Å². The summed E-state index contributed by atoms with van der Waals surface area (Å²) in [6.45, 7) is 6.19. The molecule has 0 radical (unpaired) electrons. The molecule has 3 amide bonds. The zero-order valence-electron chi connectivity index (χ0n) is 19.8. The van der Waals surface area contributed by atoms with E-state index in [1.165, 1.54) is 43.5 Å². The minimum absolute atomic E-state index is 0.0686. The highest BCUT2D eigenvalue weighted by Gasteiger charge is 2.43. The number of aromatic nitrogens is 3. The van der Waals surface area contributed by atoms with E-state index in [0.29, 0.717) is 29.4 Å². The lowest BCUT2D eigenvalue weighted by molar-refractivity contribution is -0.119. The number of para-hydroxylation sites is 1. The average Bonchev–Trinajstić information content (AvgIpc) is 3.54. The number of imide groups is 1. The molecule has 2 aliphatic carbocycles. The monoisotopic (exact) mass is 489 g/mol. The number of urea groups is 1. The van der Waals surface area contributed by atoms with Crippen LogP contribution in [-0.2, 0) is 11.4 Å². The number of ether oxygens (including phenoxy) is 1. The molecular formula is C24H32FN5O3S. The number of benzene rings is 1. The van der Waals surface area contributed by atoms with Crippen LogP contribution >= 0.6 is 11.8 Å². The number of hydrogen-bond donors (Lipinski definition) is 2. The summed E-state index contributed by atoms with van der Waals surface area (Å²) in [6, 6.07) is 5.87. The number of carbonyl (C=O) groups excluding carboxylic acids is 2. The Hall–Kier alpha value is -2.62. The van der Waals surface area contributed by atoms with E-state index in [2.05, 4.69) is 27.8 Å². The van der Waals surface area contributed by atoms with Gasteiger partial charge in [-0.2, -0.15) is 0 Å². The first-order chi connectivity index (χ1) is 16.4. The van der Waals surface area contributed by atoms with E-state index < -0.39 is 23.0 Å². The molecule has 1 aromatic heterocycles. The quantitative estimate of drug-likeness (QED) is 0.509. The highest BCUT2D eigenvalue weighted by molar-refractivity contribution is 8.00. The van der Waals surface area contributed by atoms with Crippen molar-refractivity contribution in [2.24, 2.45) is 17.8 Å². The van der Waals surface area contributed by atoms with Gasteiger partial charge in [0.25, 0.3) is 0 Å². The number of carbonyl (C=O) groups is 2. The van der Waals surface area contributed by atoms with Crippen molar-refractivity contribution in [2.45, 2.75) is 69.5 Å². The number of amides is 3. The highest BCUT2D eigenvalue weighted by atomic mass is 32.2. The standard InChI is InChI=1S/C24H32FN5O3S/c1-4-26-23(32)27-22(31)15(3)34-24-29-28-21(13-33-20-8-6-5-7-19(20)25)30(24)14(2)18-12-16-9-10-17(18)11-16/h5-8,14-18H,4,9-13H2,1-3H3,(H2,26,27,31,32)/t14-,15+,16-,17-,18+/m1/s1. The number of thioether (sulfide) groups is 1. The summed E-state index contributed by atoms with van der Waals surface area (Å²) in [6.07, 6.45) is 5.00. The molecule has 5 atom stereocenters. The predicted molar refractivity (Wildman–Crippen MR) is 127 cm³/mol. The Morgan fingerprint density at radius 3 is 2.71 bits per heavy atom. The predicted octanol–water partition coefficient (Wildman–Crippen LogP) is 4.32. The number of rotatable bonds is 9. The molecule has 2 fully saturated rings. The van der Waals surface area contributed by atoms with E-state index in [1.54, 1.807) is 32.0 Å². The Bertz CT molecular complexity index is 1030. The Morgan fingerprint density at radius 1 is 1.24 bits per heavy atom. The van der Waals surface area contributed by atoms with E-state index >= 15 is 0 Å². The fourth-order valence-corrected chi connectivity index (χ4v) is 6.26. The van der Waals surface area contributed by atoms with Crippen molar-refractivity contribution >= 4 is 23.7 Å². The van der Waals surface area contributed by atoms with Crippen molar-refractivity contribution < 1.29 is 18.7 Å². The van der Waals surface area contributed by atoms with Gasteiger partial charge in [0.2, 0.25) is 5.91 Å². The van der Waals surface area contributed by atoms with Crippen molar-refractivity contribution in [1.29, 1.82) is 0 Å². The minimum Gasteiger partial charge on any atom is -0.483 e. The topological polar surface area (TPSA) is 98.1 Å². The molecule has 184 valence electrons. The van der Waals surface area contributed by atoms with Gasteiger partial charge in [-0.05, 0) is 69.9 Å². The molecule has 2 saturated carbocycles. The lowest BCUT2D eigenvalue weighted by Gasteiger charge is -2.30. The molecule has 0 aliphatic heterocycles. The van der Waals surface area contributed by atoms with Gasteiger partial charge >= 0.3 is 6.03 Å². The first-order valence-corrected chi connectivity index (χ1v) is 12.8. The van der Waals surface area contributed by atoms with E-state index in [9.17, 15) is 14.0 Å². The van der Waals surface area contributed by atoms with Crippen molar-refractivity contribution in [1.82, 2.24) is 25.4 Å².